The second-order valence-electron chi connectivity index (χ2n) is 2.27. The monoisotopic (exact) mass is 140 g/mol. The maximum Gasteiger partial charge on any atom is 0.374 e. The van der Waals surface area contributed by atoms with E-state index in [1.165, 1.54) is 7.11 Å². The normalized spacial score (nSPS) is 22.1. The number of rotatable bonds is 2. The van der Waals surface area contributed by atoms with Crippen LogP contribution in [0.3, 0.4) is 0 Å². The Morgan fingerprint density at radius 1 is 1.70 bits per heavy atom. The SMILES string of the molecule is C=C1CC1C(=O)C(=O)OC. The molecular weight excluding hydrogens is 132 g/mol. The minimum atomic E-state index is -0.761. The van der Waals surface area contributed by atoms with Crippen molar-refractivity contribution in [2.45, 2.75) is 6.42 Å². The number of allylic oxidation sites excluding steroid dienone is 1. The van der Waals surface area contributed by atoms with Gasteiger partial charge >= 0.3 is 5.97 Å². The Kier molecular flexibility index (Phi) is 1.57. The molecule has 54 valence electrons. The van der Waals surface area contributed by atoms with Gasteiger partial charge in [-0.05, 0) is 6.42 Å². The lowest BCUT2D eigenvalue weighted by Gasteiger charge is -1.92. The number of ether oxygens (including phenoxy) is 1. The van der Waals surface area contributed by atoms with E-state index in [4.69, 9.17) is 0 Å². The molecule has 1 fully saturated rings. The topological polar surface area (TPSA) is 43.4 Å². The molecule has 1 unspecified atom stereocenters. The molecule has 1 aliphatic rings. The van der Waals surface area contributed by atoms with Crippen LogP contribution in [0.5, 0.6) is 0 Å². The van der Waals surface area contributed by atoms with Gasteiger partial charge in [0.05, 0.1) is 13.0 Å². The summed E-state index contributed by atoms with van der Waals surface area (Å²) < 4.78 is 4.23. The minimum absolute atomic E-state index is 0.243. The van der Waals surface area contributed by atoms with E-state index < -0.39 is 11.8 Å². The summed E-state index contributed by atoms with van der Waals surface area (Å²) in [6, 6.07) is 0. The summed E-state index contributed by atoms with van der Waals surface area (Å²) in [5.41, 5.74) is 0.829. The summed E-state index contributed by atoms with van der Waals surface area (Å²) in [6.45, 7) is 3.56. The number of esters is 1. The van der Waals surface area contributed by atoms with E-state index in [1.54, 1.807) is 0 Å². The number of carbonyl (C=O) groups excluding carboxylic acids is 2. The van der Waals surface area contributed by atoms with Gasteiger partial charge in [-0.1, -0.05) is 12.2 Å². The van der Waals surface area contributed by atoms with Gasteiger partial charge in [-0.3, -0.25) is 4.79 Å². The summed E-state index contributed by atoms with van der Waals surface area (Å²) >= 11 is 0. The zero-order chi connectivity index (χ0) is 7.72. The number of methoxy groups -OCH3 is 1. The summed E-state index contributed by atoms with van der Waals surface area (Å²) in [4.78, 5) is 21.3. The molecule has 0 aromatic rings. The van der Waals surface area contributed by atoms with E-state index in [1.807, 2.05) is 0 Å². The van der Waals surface area contributed by atoms with Gasteiger partial charge in [0, 0.05) is 0 Å². The first kappa shape index (κ1) is 6.99. The number of carbonyl (C=O) groups is 2. The van der Waals surface area contributed by atoms with Crippen molar-refractivity contribution in [2.24, 2.45) is 5.92 Å². The average Bonchev–Trinajstić information content (AvgIpc) is 2.63. The smallest absolute Gasteiger partial charge is 0.374 e. The van der Waals surface area contributed by atoms with E-state index in [0.29, 0.717) is 6.42 Å². The Morgan fingerprint density at radius 3 is 2.50 bits per heavy atom. The van der Waals surface area contributed by atoms with E-state index in [-0.39, 0.29) is 5.92 Å². The molecule has 0 aromatic heterocycles. The molecule has 1 saturated carbocycles. The fourth-order valence-corrected chi connectivity index (χ4v) is 0.724. The van der Waals surface area contributed by atoms with Crippen molar-refractivity contribution >= 4 is 11.8 Å². The van der Waals surface area contributed by atoms with Crippen molar-refractivity contribution in [2.75, 3.05) is 7.11 Å². The Labute approximate surface area is 58.7 Å². The van der Waals surface area contributed by atoms with Crippen molar-refractivity contribution in [1.29, 1.82) is 0 Å². The number of Topliss-reactive ketones (excluding diaryl/α,β-unsaturated/α-hetero) is 1. The molecular formula is C7H8O3. The molecule has 1 atom stereocenters. The summed E-state index contributed by atoms with van der Waals surface area (Å²) in [7, 11) is 1.20. The number of hydrogen-bond donors (Lipinski definition) is 0. The Balaban J connectivity index is 2.50. The summed E-state index contributed by atoms with van der Waals surface area (Å²) in [5, 5.41) is 0. The molecule has 0 N–H and O–H groups in total. The molecule has 0 heterocycles. The zero-order valence-electron chi connectivity index (χ0n) is 5.72. The van der Waals surface area contributed by atoms with Crippen LogP contribution in [-0.4, -0.2) is 18.9 Å². The van der Waals surface area contributed by atoms with E-state index >= 15 is 0 Å². The fraction of sp³-hybridized carbons (Fsp3) is 0.429. The first-order valence-electron chi connectivity index (χ1n) is 2.96. The van der Waals surface area contributed by atoms with Crippen LogP contribution in [0.2, 0.25) is 0 Å². The molecule has 1 rings (SSSR count). The second kappa shape index (κ2) is 2.25. The van der Waals surface area contributed by atoms with Gasteiger partial charge < -0.3 is 4.74 Å². The largest absolute Gasteiger partial charge is 0.463 e. The molecule has 0 aliphatic heterocycles. The quantitative estimate of drug-likeness (QED) is 0.315. The zero-order valence-corrected chi connectivity index (χ0v) is 5.72. The molecule has 3 heteroatoms. The van der Waals surface area contributed by atoms with E-state index in [0.717, 1.165) is 5.57 Å². The average molecular weight is 140 g/mol. The van der Waals surface area contributed by atoms with Crippen molar-refractivity contribution in [3.63, 3.8) is 0 Å². The maximum absolute atomic E-state index is 10.8. The molecule has 1 aliphatic carbocycles. The van der Waals surface area contributed by atoms with Crippen LogP contribution in [0.4, 0.5) is 0 Å². The molecule has 0 bridgehead atoms. The van der Waals surface area contributed by atoms with Crippen LogP contribution in [0.1, 0.15) is 6.42 Å². The van der Waals surface area contributed by atoms with Gasteiger partial charge in [0.2, 0.25) is 5.78 Å². The highest BCUT2D eigenvalue weighted by Crippen LogP contribution is 2.36. The van der Waals surface area contributed by atoms with Gasteiger partial charge in [-0.25, -0.2) is 4.79 Å². The number of hydrogen-bond acceptors (Lipinski definition) is 3. The minimum Gasteiger partial charge on any atom is -0.463 e. The van der Waals surface area contributed by atoms with E-state index in [2.05, 4.69) is 11.3 Å². The highest BCUT2D eigenvalue weighted by atomic mass is 16.5. The van der Waals surface area contributed by atoms with E-state index in [9.17, 15) is 9.59 Å². The molecule has 0 radical (unpaired) electrons. The van der Waals surface area contributed by atoms with Crippen LogP contribution in [0.15, 0.2) is 12.2 Å². The molecule has 0 spiro atoms. The van der Waals surface area contributed by atoms with Crippen molar-refractivity contribution in [1.82, 2.24) is 0 Å². The first-order chi connectivity index (χ1) is 4.66. The highest BCUT2D eigenvalue weighted by molar-refractivity contribution is 6.36. The second-order valence-corrected chi connectivity index (χ2v) is 2.27. The Bertz CT molecular complexity index is 205. The Hall–Kier alpha value is -1.12. The molecule has 0 aromatic carbocycles. The van der Waals surface area contributed by atoms with Crippen molar-refractivity contribution in [3.05, 3.63) is 12.2 Å². The van der Waals surface area contributed by atoms with Crippen molar-refractivity contribution < 1.29 is 14.3 Å². The van der Waals surface area contributed by atoms with Gasteiger partial charge in [0.1, 0.15) is 0 Å². The lowest BCUT2D eigenvalue weighted by atomic mass is 10.2. The standard InChI is InChI=1S/C7H8O3/c1-4-3-5(4)6(8)7(9)10-2/h5H,1,3H2,2H3. The van der Waals surface area contributed by atoms with Gasteiger partial charge in [0.25, 0.3) is 0 Å². The summed E-state index contributed by atoms with van der Waals surface area (Å²) in [6.07, 6.45) is 0.647. The van der Waals surface area contributed by atoms with Crippen LogP contribution < -0.4 is 0 Å². The fourth-order valence-electron chi connectivity index (χ4n) is 0.724. The number of ketones is 1. The maximum atomic E-state index is 10.8. The third-order valence-corrected chi connectivity index (χ3v) is 1.50. The third-order valence-electron chi connectivity index (χ3n) is 1.50. The predicted octanol–water partition coefficient (Wildman–Crippen LogP) is 0.305. The van der Waals surface area contributed by atoms with Gasteiger partial charge in [-0.15, -0.1) is 0 Å². The predicted molar refractivity (Wildman–Crippen MR) is 34.3 cm³/mol. The lowest BCUT2D eigenvalue weighted by molar-refractivity contribution is -0.152. The van der Waals surface area contributed by atoms with Crippen LogP contribution in [0.25, 0.3) is 0 Å². The Morgan fingerprint density at radius 2 is 2.20 bits per heavy atom. The third kappa shape index (κ3) is 1.07. The summed E-state index contributed by atoms with van der Waals surface area (Å²) in [5.74, 6) is -1.47. The molecule has 3 nitrogen and oxygen atoms in total. The first-order valence-corrected chi connectivity index (χ1v) is 2.96. The van der Waals surface area contributed by atoms with Gasteiger partial charge in [0.15, 0.2) is 0 Å². The van der Waals surface area contributed by atoms with Crippen LogP contribution in [0, 0.1) is 5.92 Å². The highest BCUT2D eigenvalue weighted by Gasteiger charge is 2.38. The molecule has 10 heavy (non-hydrogen) atoms. The van der Waals surface area contributed by atoms with Gasteiger partial charge in [-0.2, -0.15) is 0 Å². The molecule has 0 amide bonds. The van der Waals surface area contributed by atoms with Crippen molar-refractivity contribution in [3.8, 4) is 0 Å². The molecule has 0 saturated heterocycles. The lowest BCUT2D eigenvalue weighted by Crippen LogP contribution is -2.16. The van der Waals surface area contributed by atoms with Crippen LogP contribution >= 0.6 is 0 Å². The van der Waals surface area contributed by atoms with Crippen LogP contribution in [-0.2, 0) is 14.3 Å².